The lowest BCUT2D eigenvalue weighted by Gasteiger charge is -2.31. The van der Waals surface area contributed by atoms with Crippen LogP contribution in [0, 0.1) is 5.92 Å². The molecule has 32 heavy (non-hydrogen) atoms. The van der Waals surface area contributed by atoms with Crippen molar-refractivity contribution < 1.29 is 9.90 Å². The third-order valence-electron chi connectivity index (χ3n) is 7.60. The summed E-state index contributed by atoms with van der Waals surface area (Å²) in [5, 5.41) is 10.9. The van der Waals surface area contributed by atoms with E-state index in [1.165, 1.54) is 11.1 Å². The lowest BCUT2D eigenvalue weighted by molar-refractivity contribution is -0.120. The molecule has 164 valence electrons. The normalized spacial score (nSPS) is 25.4. The molecular weight excluding hydrogens is 396 g/mol. The number of likely N-dealkylation sites (N-methyl/N-ethyl adjacent to an activating group) is 2. The molecule has 0 radical (unpaired) electrons. The summed E-state index contributed by atoms with van der Waals surface area (Å²) in [6.07, 6.45) is 3.82. The number of hydrogen-bond donors (Lipinski definition) is 1. The van der Waals surface area contributed by atoms with Gasteiger partial charge in [0.1, 0.15) is 11.7 Å². The third kappa shape index (κ3) is 2.59. The standard InChI is InChI=1S/C28H30N2O2/c1-27(2)19-11-7-9-13-21(19)29(5)23(27)15-17-25(31)18(26(17)32)16-24-28(3,4)20-12-8-10-14-22(20)30(24)6/h7-17,31H,1-6H3/b23-15+,24-16+. The van der Waals surface area contributed by atoms with Crippen LogP contribution in [0.3, 0.4) is 0 Å². The Labute approximate surface area is 190 Å². The number of ketones is 1. The van der Waals surface area contributed by atoms with Crippen LogP contribution >= 0.6 is 0 Å². The van der Waals surface area contributed by atoms with Crippen LogP contribution in [-0.4, -0.2) is 25.0 Å². The molecule has 3 aliphatic rings. The minimum Gasteiger partial charge on any atom is -0.510 e. The van der Waals surface area contributed by atoms with Gasteiger partial charge in [-0.05, 0) is 35.4 Å². The summed E-state index contributed by atoms with van der Waals surface area (Å²) >= 11 is 0. The molecule has 0 saturated heterocycles. The molecule has 4 nitrogen and oxygen atoms in total. The molecular formula is C28H30N2O2. The number of anilines is 2. The number of benzene rings is 2. The zero-order chi connectivity index (χ0) is 23.0. The van der Waals surface area contributed by atoms with Crippen molar-refractivity contribution in [3.8, 4) is 0 Å². The monoisotopic (exact) mass is 426 g/mol. The second kappa shape index (κ2) is 6.61. The van der Waals surface area contributed by atoms with E-state index < -0.39 is 5.92 Å². The molecule has 1 aliphatic carbocycles. The first-order valence-electron chi connectivity index (χ1n) is 11.1. The number of fused-ring (bicyclic) bond motifs is 2. The van der Waals surface area contributed by atoms with E-state index in [0.717, 1.165) is 22.8 Å². The van der Waals surface area contributed by atoms with Gasteiger partial charge in [0.2, 0.25) is 0 Å². The molecule has 1 N–H and O–H groups in total. The first kappa shape index (κ1) is 20.6. The fourth-order valence-electron chi connectivity index (χ4n) is 5.66. The van der Waals surface area contributed by atoms with Gasteiger partial charge in [-0.3, -0.25) is 4.79 Å². The highest BCUT2D eigenvalue weighted by Crippen LogP contribution is 2.50. The van der Waals surface area contributed by atoms with E-state index in [9.17, 15) is 9.90 Å². The maximum Gasteiger partial charge on any atom is 0.180 e. The van der Waals surface area contributed by atoms with Gasteiger partial charge in [-0.15, -0.1) is 0 Å². The number of aliphatic hydroxyl groups excluding tert-OH is 1. The van der Waals surface area contributed by atoms with E-state index in [0.29, 0.717) is 5.57 Å². The third-order valence-corrected chi connectivity index (χ3v) is 7.60. The van der Waals surface area contributed by atoms with Gasteiger partial charge in [-0.2, -0.15) is 0 Å². The van der Waals surface area contributed by atoms with Crippen molar-refractivity contribution in [3.63, 3.8) is 0 Å². The van der Waals surface area contributed by atoms with Crippen LogP contribution in [-0.2, 0) is 15.6 Å². The zero-order valence-corrected chi connectivity index (χ0v) is 19.6. The number of nitrogens with zero attached hydrogens (tertiary/aromatic N) is 2. The summed E-state index contributed by atoms with van der Waals surface area (Å²) in [6.45, 7) is 8.66. The van der Waals surface area contributed by atoms with Gasteiger partial charge >= 0.3 is 0 Å². The van der Waals surface area contributed by atoms with Crippen molar-refractivity contribution in [2.24, 2.45) is 5.92 Å². The molecule has 0 aromatic heterocycles. The van der Waals surface area contributed by atoms with Crippen LogP contribution in [0.25, 0.3) is 0 Å². The number of rotatable bonds is 2. The molecule has 0 spiro atoms. The lowest BCUT2D eigenvalue weighted by Crippen LogP contribution is -2.33. The average Bonchev–Trinajstić information content (AvgIpc) is 3.09. The molecule has 2 aromatic rings. The van der Waals surface area contributed by atoms with Gasteiger partial charge in [-0.1, -0.05) is 64.1 Å². The minimum absolute atomic E-state index is 0.0252. The molecule has 2 aliphatic heterocycles. The lowest BCUT2D eigenvalue weighted by atomic mass is 9.76. The topological polar surface area (TPSA) is 43.8 Å². The Balaban J connectivity index is 1.51. The van der Waals surface area contributed by atoms with E-state index in [4.69, 9.17) is 0 Å². The molecule has 1 unspecified atom stereocenters. The number of carbonyl (C=O) groups excluding carboxylic acids is 1. The van der Waals surface area contributed by atoms with Crippen LogP contribution in [0.5, 0.6) is 0 Å². The number of Topliss-reactive ketones (excluding diaryl/α,β-unsaturated/α-hetero) is 1. The van der Waals surface area contributed by atoms with Crippen molar-refractivity contribution >= 4 is 17.2 Å². The quantitative estimate of drug-likeness (QED) is 0.677. The van der Waals surface area contributed by atoms with Gasteiger partial charge in [-0.25, -0.2) is 0 Å². The van der Waals surface area contributed by atoms with E-state index in [2.05, 4.69) is 61.8 Å². The Morgan fingerprint density at radius 3 is 1.78 bits per heavy atom. The predicted octanol–water partition coefficient (Wildman–Crippen LogP) is 5.62. The Kier molecular flexibility index (Phi) is 4.26. The summed E-state index contributed by atoms with van der Waals surface area (Å²) < 4.78 is 0. The Morgan fingerprint density at radius 1 is 0.812 bits per heavy atom. The minimum atomic E-state index is -0.593. The van der Waals surface area contributed by atoms with E-state index >= 15 is 0 Å². The Morgan fingerprint density at radius 2 is 1.28 bits per heavy atom. The van der Waals surface area contributed by atoms with Crippen molar-refractivity contribution in [3.05, 3.63) is 94.5 Å². The summed E-state index contributed by atoms with van der Waals surface area (Å²) in [4.78, 5) is 17.4. The van der Waals surface area contributed by atoms with Gasteiger partial charge in [0.05, 0.1) is 5.57 Å². The first-order valence-corrected chi connectivity index (χ1v) is 11.1. The summed E-state index contributed by atoms with van der Waals surface area (Å²) in [5.41, 5.74) is 6.77. The maximum atomic E-state index is 13.2. The average molecular weight is 427 g/mol. The highest BCUT2D eigenvalue weighted by Gasteiger charge is 2.45. The highest BCUT2D eigenvalue weighted by molar-refractivity contribution is 6.10. The van der Waals surface area contributed by atoms with Crippen LogP contribution in [0.2, 0.25) is 0 Å². The van der Waals surface area contributed by atoms with Crippen LogP contribution in [0.1, 0.15) is 38.8 Å². The van der Waals surface area contributed by atoms with E-state index in [1.54, 1.807) is 0 Å². The number of carbonyl (C=O) groups is 1. The molecule has 2 heterocycles. The molecule has 0 fully saturated rings. The van der Waals surface area contributed by atoms with Gasteiger partial charge in [0.25, 0.3) is 0 Å². The van der Waals surface area contributed by atoms with E-state index in [-0.39, 0.29) is 22.4 Å². The SMILES string of the molecule is CN1/C(=C/C2=C(O)C(/C=C3/N(C)c4ccccc4C3(C)C)C2=O)C(C)(C)c2ccccc21. The van der Waals surface area contributed by atoms with Gasteiger partial charge < -0.3 is 14.9 Å². The van der Waals surface area contributed by atoms with Crippen molar-refractivity contribution in [1.82, 2.24) is 0 Å². The number of aliphatic hydroxyl groups is 1. The fourth-order valence-corrected chi connectivity index (χ4v) is 5.66. The Bertz CT molecular complexity index is 1250. The molecule has 0 bridgehead atoms. The molecule has 0 saturated carbocycles. The van der Waals surface area contributed by atoms with Gasteiger partial charge in [0.15, 0.2) is 5.78 Å². The Hall–Kier alpha value is -3.27. The van der Waals surface area contributed by atoms with Crippen molar-refractivity contribution in [1.29, 1.82) is 0 Å². The first-order chi connectivity index (χ1) is 15.1. The van der Waals surface area contributed by atoms with Crippen molar-refractivity contribution in [2.75, 3.05) is 23.9 Å². The van der Waals surface area contributed by atoms with Crippen LogP contribution in [0.4, 0.5) is 11.4 Å². The largest absolute Gasteiger partial charge is 0.510 e. The molecule has 2 aromatic carbocycles. The maximum absolute atomic E-state index is 13.2. The van der Waals surface area contributed by atoms with E-state index in [1.807, 2.05) is 50.5 Å². The van der Waals surface area contributed by atoms with Gasteiger partial charge in [0, 0.05) is 47.7 Å². The second-order valence-electron chi connectivity index (χ2n) is 10.1. The molecule has 5 rings (SSSR count). The van der Waals surface area contributed by atoms with Crippen molar-refractivity contribution in [2.45, 2.75) is 38.5 Å². The molecule has 0 amide bonds. The smallest absolute Gasteiger partial charge is 0.180 e. The second-order valence-corrected chi connectivity index (χ2v) is 10.1. The predicted molar refractivity (Wildman–Crippen MR) is 130 cm³/mol. The number of hydrogen-bond acceptors (Lipinski definition) is 4. The summed E-state index contributed by atoms with van der Waals surface area (Å²) in [5.74, 6) is -0.455. The number of allylic oxidation sites excluding steroid dienone is 5. The summed E-state index contributed by atoms with van der Waals surface area (Å²) in [6, 6.07) is 16.6. The van der Waals surface area contributed by atoms with Crippen LogP contribution in [0.15, 0.2) is 83.4 Å². The highest BCUT2D eigenvalue weighted by atomic mass is 16.3. The number of para-hydroxylation sites is 2. The molecule has 4 heteroatoms. The fraction of sp³-hybridized carbons (Fsp3) is 0.321. The molecule has 1 atom stereocenters. The summed E-state index contributed by atoms with van der Waals surface area (Å²) in [7, 11) is 4.05. The van der Waals surface area contributed by atoms with Crippen LogP contribution < -0.4 is 9.80 Å². The zero-order valence-electron chi connectivity index (χ0n) is 19.6.